The van der Waals surface area contributed by atoms with Crippen molar-refractivity contribution in [2.45, 2.75) is 0 Å². The van der Waals surface area contributed by atoms with Crippen LogP contribution in [-0.2, 0) is 9.59 Å². The Hall–Kier alpha value is -4.38. The summed E-state index contributed by atoms with van der Waals surface area (Å²) in [4.78, 5) is 55.5. The Balaban J connectivity index is 1.81. The van der Waals surface area contributed by atoms with E-state index in [0.29, 0.717) is 10.9 Å². The van der Waals surface area contributed by atoms with Gasteiger partial charge < -0.3 is 15.4 Å². The van der Waals surface area contributed by atoms with Crippen molar-refractivity contribution in [3.63, 3.8) is 0 Å². The Morgan fingerprint density at radius 1 is 1.16 bits per heavy atom. The molecule has 156 valence electrons. The second kappa shape index (κ2) is 7.80. The normalized spacial score (nSPS) is 13.6. The minimum absolute atomic E-state index is 0.103. The molecule has 0 radical (unpaired) electrons. The lowest BCUT2D eigenvalue weighted by atomic mass is 10.1. The Bertz CT molecular complexity index is 1330. The first-order valence-corrected chi connectivity index (χ1v) is 9.12. The number of benzene rings is 2. The summed E-state index contributed by atoms with van der Waals surface area (Å²) in [5.74, 6) is -1.17. The first-order chi connectivity index (χ1) is 14.9. The summed E-state index contributed by atoms with van der Waals surface area (Å²) in [5, 5.41) is 23.4. The second-order valence-corrected chi connectivity index (χ2v) is 6.62. The zero-order valence-corrected chi connectivity index (χ0v) is 15.9. The van der Waals surface area contributed by atoms with Crippen molar-refractivity contribution < 1.29 is 19.6 Å². The maximum absolute atomic E-state index is 12.5. The van der Waals surface area contributed by atoms with Gasteiger partial charge in [0.25, 0.3) is 23.1 Å². The van der Waals surface area contributed by atoms with Gasteiger partial charge in [0.05, 0.1) is 34.7 Å². The third-order valence-corrected chi connectivity index (χ3v) is 4.68. The lowest BCUT2D eigenvalue weighted by Gasteiger charge is -2.15. The van der Waals surface area contributed by atoms with Gasteiger partial charge in [-0.1, -0.05) is 12.1 Å². The molecule has 0 saturated heterocycles. The highest BCUT2D eigenvalue weighted by molar-refractivity contribution is 6.17. The number of nitrogens with one attached hydrogen (secondary N) is 2. The zero-order valence-electron chi connectivity index (χ0n) is 15.9. The van der Waals surface area contributed by atoms with Gasteiger partial charge in [-0.2, -0.15) is 0 Å². The highest BCUT2D eigenvalue weighted by Gasteiger charge is 2.31. The van der Waals surface area contributed by atoms with Crippen LogP contribution in [0.1, 0.15) is 0 Å². The van der Waals surface area contributed by atoms with Gasteiger partial charge >= 0.3 is 0 Å². The number of H-pyrrole nitrogens is 1. The van der Waals surface area contributed by atoms with E-state index >= 15 is 0 Å². The first-order valence-electron chi connectivity index (χ1n) is 9.12. The van der Waals surface area contributed by atoms with Crippen molar-refractivity contribution in [2.24, 2.45) is 0 Å². The maximum atomic E-state index is 12.5. The molecule has 31 heavy (non-hydrogen) atoms. The number of carbonyl (C=O) groups excluding carboxylic acids is 2. The highest BCUT2D eigenvalue weighted by atomic mass is 16.6. The third kappa shape index (κ3) is 3.65. The molecule has 11 heteroatoms. The monoisotopic (exact) mass is 421 g/mol. The van der Waals surface area contributed by atoms with Crippen molar-refractivity contribution in [3.05, 3.63) is 74.7 Å². The molecule has 0 fully saturated rings. The minimum atomic E-state index is -0.684. The van der Waals surface area contributed by atoms with E-state index in [9.17, 15) is 24.5 Å². The van der Waals surface area contributed by atoms with Crippen LogP contribution in [0.4, 0.5) is 11.4 Å². The van der Waals surface area contributed by atoms with E-state index in [2.05, 4.69) is 15.3 Å². The number of carbonyl (C=O) groups is 2. The molecule has 0 bridgehead atoms. The van der Waals surface area contributed by atoms with Gasteiger partial charge in [0.15, 0.2) is 0 Å². The number of imide groups is 1. The number of hydrogen-bond acceptors (Lipinski definition) is 8. The van der Waals surface area contributed by atoms with Crippen LogP contribution >= 0.6 is 0 Å². The smallest absolute Gasteiger partial charge is 0.277 e. The lowest BCUT2D eigenvalue weighted by molar-refractivity contribution is -0.384. The van der Waals surface area contributed by atoms with Crippen LogP contribution in [0.25, 0.3) is 22.3 Å². The average molecular weight is 421 g/mol. The van der Waals surface area contributed by atoms with Gasteiger partial charge in [-0.25, -0.2) is 4.98 Å². The van der Waals surface area contributed by atoms with Crippen LogP contribution in [0.2, 0.25) is 0 Å². The standard InChI is InChI=1S/C20H15N5O6/c26-8-7-24-17(27)10-16(20(24)29)21-15-9-11(25(30)31)5-6-12(15)18-22-14-4-2-1-3-13(14)19(28)23-18/h1-6,9-10,21,26H,7-8H2,(H,22,23,28). The molecule has 0 saturated carbocycles. The molecule has 2 heterocycles. The largest absolute Gasteiger partial charge is 0.395 e. The van der Waals surface area contributed by atoms with Gasteiger partial charge in [0.2, 0.25) is 0 Å². The van der Waals surface area contributed by atoms with E-state index in [1.54, 1.807) is 24.3 Å². The molecule has 1 aliphatic heterocycles. The number of fused-ring (bicyclic) bond motifs is 1. The van der Waals surface area contributed by atoms with E-state index < -0.39 is 28.9 Å². The van der Waals surface area contributed by atoms with Gasteiger partial charge in [-0.05, 0) is 18.2 Å². The number of aliphatic hydroxyl groups excluding tert-OH is 1. The number of anilines is 1. The molecule has 1 aromatic heterocycles. The molecule has 11 nitrogen and oxygen atoms in total. The Labute approximate surface area is 173 Å². The van der Waals surface area contributed by atoms with Crippen molar-refractivity contribution in [2.75, 3.05) is 18.5 Å². The van der Waals surface area contributed by atoms with Crippen LogP contribution in [0, 0.1) is 10.1 Å². The van der Waals surface area contributed by atoms with E-state index in [-0.39, 0.29) is 35.0 Å². The van der Waals surface area contributed by atoms with Crippen LogP contribution in [0.15, 0.2) is 59.0 Å². The zero-order chi connectivity index (χ0) is 22.1. The van der Waals surface area contributed by atoms with Gasteiger partial charge in [0, 0.05) is 23.8 Å². The van der Waals surface area contributed by atoms with E-state index in [4.69, 9.17) is 5.11 Å². The number of nitrogens with zero attached hydrogens (tertiary/aromatic N) is 3. The van der Waals surface area contributed by atoms with Gasteiger partial charge in [-0.3, -0.25) is 29.4 Å². The van der Waals surface area contributed by atoms with Crippen molar-refractivity contribution in [1.29, 1.82) is 0 Å². The molecule has 1 aliphatic rings. The molecule has 0 unspecified atom stereocenters. The number of hydrogen-bond donors (Lipinski definition) is 3. The molecule has 0 spiro atoms. The maximum Gasteiger partial charge on any atom is 0.277 e. The van der Waals surface area contributed by atoms with Crippen molar-refractivity contribution in [3.8, 4) is 11.4 Å². The number of amides is 2. The van der Waals surface area contributed by atoms with Crippen LogP contribution in [-0.4, -0.2) is 49.9 Å². The van der Waals surface area contributed by atoms with E-state index in [0.717, 1.165) is 11.0 Å². The second-order valence-electron chi connectivity index (χ2n) is 6.62. The average Bonchev–Trinajstić information content (AvgIpc) is 3.01. The molecule has 0 atom stereocenters. The fourth-order valence-electron chi connectivity index (χ4n) is 3.22. The number of aromatic nitrogens is 2. The number of non-ortho nitro benzene ring substituents is 1. The number of aromatic amines is 1. The number of nitro groups is 1. The van der Waals surface area contributed by atoms with Crippen LogP contribution < -0.4 is 10.9 Å². The SMILES string of the molecule is O=C1C=C(Nc2cc([N+](=O)[O-])ccc2-c2nc3ccccc3c(=O)[nH]2)C(=O)N1CCO. The summed E-state index contributed by atoms with van der Waals surface area (Å²) in [6.45, 7) is -0.580. The van der Waals surface area contributed by atoms with Crippen molar-refractivity contribution >= 4 is 34.1 Å². The fourth-order valence-corrected chi connectivity index (χ4v) is 3.22. The first kappa shape index (κ1) is 19.9. The Morgan fingerprint density at radius 3 is 2.68 bits per heavy atom. The summed E-state index contributed by atoms with van der Waals surface area (Å²) < 4.78 is 0. The van der Waals surface area contributed by atoms with Crippen LogP contribution in [0.3, 0.4) is 0 Å². The summed E-state index contributed by atoms with van der Waals surface area (Å²) in [5.41, 5.74) is 0.0276. The summed E-state index contributed by atoms with van der Waals surface area (Å²) in [6, 6.07) is 10.5. The molecule has 4 rings (SSSR count). The molecule has 2 amide bonds. The molecular formula is C20H15N5O6. The molecule has 0 aliphatic carbocycles. The number of aliphatic hydroxyl groups is 1. The molecule has 2 aromatic carbocycles. The van der Waals surface area contributed by atoms with Gasteiger partial charge in [0.1, 0.15) is 11.5 Å². The number of β-amino-alcohol motifs (C(OH)–C–C–N with tert-alkyl or cyclic N) is 1. The topological polar surface area (TPSA) is 159 Å². The number of rotatable bonds is 6. The minimum Gasteiger partial charge on any atom is -0.395 e. The van der Waals surface area contributed by atoms with E-state index in [1.807, 2.05) is 0 Å². The lowest BCUT2D eigenvalue weighted by Crippen LogP contribution is -2.34. The summed E-state index contributed by atoms with van der Waals surface area (Å²) in [7, 11) is 0. The van der Waals surface area contributed by atoms with Gasteiger partial charge in [-0.15, -0.1) is 0 Å². The number of para-hydroxylation sites is 1. The molecule has 3 aromatic rings. The summed E-state index contributed by atoms with van der Waals surface area (Å²) >= 11 is 0. The Morgan fingerprint density at radius 2 is 1.94 bits per heavy atom. The predicted octanol–water partition coefficient (Wildman–Crippen LogP) is 1.16. The third-order valence-electron chi connectivity index (χ3n) is 4.68. The Kier molecular flexibility index (Phi) is 5.01. The van der Waals surface area contributed by atoms with Crippen molar-refractivity contribution in [1.82, 2.24) is 14.9 Å². The molecule has 3 N–H and O–H groups in total. The number of nitro benzene ring substituents is 1. The van der Waals surface area contributed by atoms with Crippen LogP contribution in [0.5, 0.6) is 0 Å². The fraction of sp³-hybridized carbons (Fsp3) is 0.100. The highest BCUT2D eigenvalue weighted by Crippen LogP contribution is 2.31. The predicted molar refractivity (Wildman–Crippen MR) is 110 cm³/mol. The molecular weight excluding hydrogens is 406 g/mol. The summed E-state index contributed by atoms with van der Waals surface area (Å²) in [6.07, 6.45) is 1.04. The van der Waals surface area contributed by atoms with E-state index in [1.165, 1.54) is 18.2 Å². The quantitative estimate of drug-likeness (QED) is 0.304.